The third kappa shape index (κ3) is 3.74. The standard InChI is InChI=1S/C14H30O2/c1-6-8-9-14(7-2,11-15)13(5,16)10-12(3)4/h12,15-16H,6-11H2,1-5H3. The highest BCUT2D eigenvalue weighted by Gasteiger charge is 2.44. The van der Waals surface area contributed by atoms with E-state index in [9.17, 15) is 10.2 Å². The normalized spacial score (nSPS) is 19.5. The molecule has 2 atom stereocenters. The minimum atomic E-state index is -0.764. The topological polar surface area (TPSA) is 40.5 Å². The lowest BCUT2D eigenvalue weighted by Gasteiger charge is -2.45. The summed E-state index contributed by atoms with van der Waals surface area (Å²) < 4.78 is 0. The van der Waals surface area contributed by atoms with Gasteiger partial charge in [0.1, 0.15) is 0 Å². The van der Waals surface area contributed by atoms with E-state index in [1.54, 1.807) is 0 Å². The van der Waals surface area contributed by atoms with Crippen molar-refractivity contribution in [3.05, 3.63) is 0 Å². The van der Waals surface area contributed by atoms with E-state index >= 15 is 0 Å². The monoisotopic (exact) mass is 230 g/mol. The molecule has 0 aliphatic heterocycles. The van der Waals surface area contributed by atoms with Crippen LogP contribution in [-0.4, -0.2) is 22.4 Å². The van der Waals surface area contributed by atoms with E-state index in [0.717, 1.165) is 32.1 Å². The molecule has 0 aromatic heterocycles. The average molecular weight is 230 g/mol. The van der Waals surface area contributed by atoms with Gasteiger partial charge in [0.15, 0.2) is 0 Å². The second-order valence-corrected chi connectivity index (χ2v) is 5.77. The van der Waals surface area contributed by atoms with E-state index in [1.807, 2.05) is 6.92 Å². The average Bonchev–Trinajstić information content (AvgIpc) is 2.17. The minimum absolute atomic E-state index is 0.0865. The summed E-state index contributed by atoms with van der Waals surface area (Å²) in [5, 5.41) is 20.4. The van der Waals surface area contributed by atoms with Crippen LogP contribution >= 0.6 is 0 Å². The Labute approximate surface area is 101 Å². The first-order chi connectivity index (χ1) is 7.35. The molecule has 0 aromatic carbocycles. The lowest BCUT2D eigenvalue weighted by atomic mass is 9.65. The van der Waals surface area contributed by atoms with Crippen molar-refractivity contribution in [3.63, 3.8) is 0 Å². The fourth-order valence-electron chi connectivity index (χ4n) is 2.71. The molecule has 2 nitrogen and oxygen atoms in total. The van der Waals surface area contributed by atoms with Crippen molar-refractivity contribution >= 4 is 0 Å². The van der Waals surface area contributed by atoms with Crippen LogP contribution in [0, 0.1) is 11.3 Å². The van der Waals surface area contributed by atoms with Crippen LogP contribution in [0.25, 0.3) is 0 Å². The fraction of sp³-hybridized carbons (Fsp3) is 1.00. The molecule has 0 aliphatic rings. The molecule has 0 fully saturated rings. The Hall–Kier alpha value is -0.0800. The minimum Gasteiger partial charge on any atom is -0.396 e. The van der Waals surface area contributed by atoms with E-state index in [4.69, 9.17) is 0 Å². The van der Waals surface area contributed by atoms with Gasteiger partial charge in [0.2, 0.25) is 0 Å². The van der Waals surface area contributed by atoms with Gasteiger partial charge in [-0.15, -0.1) is 0 Å². The van der Waals surface area contributed by atoms with Gasteiger partial charge >= 0.3 is 0 Å². The molecule has 0 radical (unpaired) electrons. The van der Waals surface area contributed by atoms with E-state index in [-0.39, 0.29) is 12.0 Å². The maximum Gasteiger partial charge on any atom is 0.0699 e. The van der Waals surface area contributed by atoms with Gasteiger partial charge < -0.3 is 10.2 Å². The Morgan fingerprint density at radius 1 is 1.19 bits per heavy atom. The molecule has 0 heterocycles. The third-order valence-electron chi connectivity index (χ3n) is 3.94. The SMILES string of the molecule is CCCCC(CC)(CO)C(C)(O)CC(C)C. The van der Waals surface area contributed by atoms with Gasteiger partial charge in [0.05, 0.1) is 12.2 Å². The van der Waals surface area contributed by atoms with Crippen LogP contribution < -0.4 is 0 Å². The highest BCUT2D eigenvalue weighted by atomic mass is 16.3. The largest absolute Gasteiger partial charge is 0.396 e. The molecule has 0 aromatic rings. The summed E-state index contributed by atoms with van der Waals surface area (Å²) in [6.45, 7) is 10.4. The van der Waals surface area contributed by atoms with Crippen molar-refractivity contribution in [2.75, 3.05) is 6.61 Å². The lowest BCUT2D eigenvalue weighted by molar-refractivity contribution is -0.116. The molecule has 0 saturated carbocycles. The van der Waals surface area contributed by atoms with E-state index in [1.165, 1.54) is 0 Å². The first-order valence-electron chi connectivity index (χ1n) is 6.68. The first-order valence-corrected chi connectivity index (χ1v) is 6.68. The van der Waals surface area contributed by atoms with Crippen LogP contribution in [0.5, 0.6) is 0 Å². The summed E-state index contributed by atoms with van der Waals surface area (Å²) in [6.07, 6.45) is 4.69. The van der Waals surface area contributed by atoms with Crippen molar-refractivity contribution in [2.24, 2.45) is 11.3 Å². The van der Waals surface area contributed by atoms with Crippen LogP contribution in [0.1, 0.15) is 66.7 Å². The molecule has 16 heavy (non-hydrogen) atoms. The van der Waals surface area contributed by atoms with Gasteiger partial charge in [-0.05, 0) is 32.1 Å². The number of rotatable bonds is 8. The predicted octanol–water partition coefficient (Wildman–Crippen LogP) is 3.36. The molecule has 0 rings (SSSR count). The highest BCUT2D eigenvalue weighted by Crippen LogP contribution is 2.42. The summed E-state index contributed by atoms with van der Waals surface area (Å²) in [4.78, 5) is 0. The molecule has 0 saturated heterocycles. The molecular weight excluding hydrogens is 200 g/mol. The van der Waals surface area contributed by atoms with Crippen LogP contribution in [0.4, 0.5) is 0 Å². The Morgan fingerprint density at radius 2 is 1.75 bits per heavy atom. The van der Waals surface area contributed by atoms with E-state index in [2.05, 4.69) is 27.7 Å². The van der Waals surface area contributed by atoms with Gasteiger partial charge in [0.25, 0.3) is 0 Å². The summed E-state index contributed by atoms with van der Waals surface area (Å²) in [5.41, 5.74) is -1.09. The maximum absolute atomic E-state index is 10.7. The van der Waals surface area contributed by atoms with Crippen molar-refractivity contribution < 1.29 is 10.2 Å². The van der Waals surface area contributed by atoms with Crippen LogP contribution in [-0.2, 0) is 0 Å². The first kappa shape index (κ1) is 15.9. The van der Waals surface area contributed by atoms with Gasteiger partial charge in [-0.25, -0.2) is 0 Å². The number of aliphatic hydroxyl groups is 2. The quantitative estimate of drug-likeness (QED) is 0.671. The lowest BCUT2D eigenvalue weighted by Crippen LogP contribution is -2.49. The van der Waals surface area contributed by atoms with Gasteiger partial charge in [0, 0.05) is 5.41 Å². The molecule has 0 bridgehead atoms. The Balaban J connectivity index is 4.84. The molecule has 2 N–H and O–H groups in total. The predicted molar refractivity (Wildman–Crippen MR) is 69.4 cm³/mol. The molecule has 0 spiro atoms. The fourth-order valence-corrected chi connectivity index (χ4v) is 2.71. The van der Waals surface area contributed by atoms with Crippen LogP contribution in [0.3, 0.4) is 0 Å². The number of aliphatic hydroxyl groups excluding tert-OH is 1. The van der Waals surface area contributed by atoms with E-state index in [0.29, 0.717) is 5.92 Å². The smallest absolute Gasteiger partial charge is 0.0699 e. The highest BCUT2D eigenvalue weighted by molar-refractivity contribution is 4.95. The molecule has 0 aliphatic carbocycles. The molecule has 2 heteroatoms. The van der Waals surface area contributed by atoms with E-state index < -0.39 is 5.60 Å². The zero-order valence-corrected chi connectivity index (χ0v) is 11.7. The Kier molecular flexibility index (Phi) is 6.57. The maximum atomic E-state index is 10.7. The van der Waals surface area contributed by atoms with Gasteiger partial charge in [-0.2, -0.15) is 0 Å². The van der Waals surface area contributed by atoms with Crippen molar-refractivity contribution in [2.45, 2.75) is 72.3 Å². The Morgan fingerprint density at radius 3 is 2.06 bits per heavy atom. The number of hydrogen-bond donors (Lipinski definition) is 2. The number of unbranched alkanes of at least 4 members (excludes halogenated alkanes) is 1. The summed E-state index contributed by atoms with van der Waals surface area (Å²) >= 11 is 0. The molecule has 98 valence electrons. The zero-order chi connectivity index (χ0) is 12.8. The van der Waals surface area contributed by atoms with Gasteiger partial charge in [-0.1, -0.05) is 40.5 Å². The van der Waals surface area contributed by atoms with Crippen LogP contribution in [0.15, 0.2) is 0 Å². The van der Waals surface area contributed by atoms with Crippen molar-refractivity contribution in [1.29, 1.82) is 0 Å². The zero-order valence-electron chi connectivity index (χ0n) is 11.7. The summed E-state index contributed by atoms with van der Waals surface area (Å²) in [7, 11) is 0. The summed E-state index contributed by atoms with van der Waals surface area (Å²) in [5.74, 6) is 0.453. The molecule has 2 unspecified atom stereocenters. The summed E-state index contributed by atoms with van der Waals surface area (Å²) in [6, 6.07) is 0. The second kappa shape index (κ2) is 6.61. The third-order valence-corrected chi connectivity index (χ3v) is 3.94. The van der Waals surface area contributed by atoms with Crippen molar-refractivity contribution in [3.8, 4) is 0 Å². The number of hydrogen-bond acceptors (Lipinski definition) is 2. The van der Waals surface area contributed by atoms with Gasteiger partial charge in [-0.3, -0.25) is 0 Å². The molecular formula is C14H30O2. The molecule has 0 amide bonds. The Bertz CT molecular complexity index is 181. The van der Waals surface area contributed by atoms with Crippen LogP contribution in [0.2, 0.25) is 0 Å². The second-order valence-electron chi connectivity index (χ2n) is 5.77. The van der Waals surface area contributed by atoms with Crippen molar-refractivity contribution in [1.82, 2.24) is 0 Å².